The molecule has 0 unspecified atom stereocenters. The van der Waals surface area contributed by atoms with Crippen molar-refractivity contribution in [1.82, 2.24) is 19.9 Å². The molecule has 0 saturated heterocycles. The number of aryl methyl sites for hydroxylation is 1. The van der Waals surface area contributed by atoms with Gasteiger partial charge in [0.25, 0.3) is 5.91 Å². The maximum atomic E-state index is 12.0. The normalized spacial score (nSPS) is 10.7. The summed E-state index contributed by atoms with van der Waals surface area (Å²) in [5.41, 5.74) is 2.60. The van der Waals surface area contributed by atoms with Gasteiger partial charge in [-0.1, -0.05) is 24.4 Å². The van der Waals surface area contributed by atoms with Crippen molar-refractivity contribution < 1.29 is 4.79 Å². The number of carbonyl (C=O) groups is 1. The second kappa shape index (κ2) is 6.53. The number of fused-ring (bicyclic) bond motifs is 1. The minimum absolute atomic E-state index is 0.141. The van der Waals surface area contributed by atoms with Crippen molar-refractivity contribution in [2.75, 3.05) is 6.54 Å². The summed E-state index contributed by atoms with van der Waals surface area (Å²) in [6.07, 6.45) is 4.37. The number of nitrogens with one attached hydrogen (secondary N) is 2. The van der Waals surface area contributed by atoms with E-state index in [2.05, 4.69) is 19.9 Å². The van der Waals surface area contributed by atoms with Crippen LogP contribution in [0, 0.1) is 4.64 Å². The molecule has 0 radical (unpaired) electrons. The monoisotopic (exact) mass is 312 g/mol. The molecule has 0 atom stereocenters. The van der Waals surface area contributed by atoms with Crippen LogP contribution >= 0.6 is 12.2 Å². The molecule has 0 aliphatic rings. The van der Waals surface area contributed by atoms with E-state index in [0.29, 0.717) is 16.7 Å². The minimum atomic E-state index is -0.141. The number of pyridine rings is 1. The SMILES string of the molecule is O=C(NCCCn1cnc2ccccc21)c1ccc[nH]c1=S. The van der Waals surface area contributed by atoms with E-state index in [-0.39, 0.29) is 5.91 Å². The number of amides is 1. The number of hydrogen-bond donors (Lipinski definition) is 2. The van der Waals surface area contributed by atoms with Gasteiger partial charge in [-0.05, 0) is 30.7 Å². The van der Waals surface area contributed by atoms with E-state index in [1.54, 1.807) is 18.3 Å². The lowest BCUT2D eigenvalue weighted by Crippen LogP contribution is -2.25. The Morgan fingerprint density at radius 2 is 2.14 bits per heavy atom. The Morgan fingerprint density at radius 1 is 1.27 bits per heavy atom. The van der Waals surface area contributed by atoms with E-state index in [1.165, 1.54) is 0 Å². The number of benzene rings is 1. The Balaban J connectivity index is 1.55. The molecule has 5 nitrogen and oxygen atoms in total. The molecule has 3 aromatic rings. The number of para-hydroxylation sites is 2. The number of rotatable bonds is 5. The summed E-state index contributed by atoms with van der Waals surface area (Å²) in [6.45, 7) is 1.40. The summed E-state index contributed by atoms with van der Waals surface area (Å²) in [4.78, 5) is 19.2. The fourth-order valence-corrected chi connectivity index (χ4v) is 2.56. The van der Waals surface area contributed by atoms with E-state index in [4.69, 9.17) is 12.2 Å². The molecule has 0 bridgehead atoms. The Bertz CT molecular complexity index is 852. The Kier molecular flexibility index (Phi) is 4.29. The number of carbonyl (C=O) groups excluding carboxylic acids is 1. The first-order chi connectivity index (χ1) is 10.8. The molecular formula is C16H16N4OS. The molecule has 2 heterocycles. The van der Waals surface area contributed by atoms with Gasteiger partial charge in [-0.3, -0.25) is 4.79 Å². The van der Waals surface area contributed by atoms with Crippen LogP contribution < -0.4 is 5.32 Å². The molecule has 0 fully saturated rings. The summed E-state index contributed by atoms with van der Waals surface area (Å²) in [7, 11) is 0. The molecule has 1 aromatic carbocycles. The number of hydrogen-bond acceptors (Lipinski definition) is 3. The topological polar surface area (TPSA) is 62.7 Å². The first kappa shape index (κ1) is 14.5. The van der Waals surface area contributed by atoms with E-state index < -0.39 is 0 Å². The summed E-state index contributed by atoms with van der Waals surface area (Å²) >= 11 is 5.10. The molecule has 6 heteroatoms. The third kappa shape index (κ3) is 3.07. The molecule has 0 spiro atoms. The molecular weight excluding hydrogens is 296 g/mol. The lowest BCUT2D eigenvalue weighted by Gasteiger charge is -2.06. The Morgan fingerprint density at radius 3 is 3.00 bits per heavy atom. The highest BCUT2D eigenvalue weighted by Crippen LogP contribution is 2.11. The highest BCUT2D eigenvalue weighted by atomic mass is 32.1. The van der Waals surface area contributed by atoms with Gasteiger partial charge in [-0.2, -0.15) is 0 Å². The van der Waals surface area contributed by atoms with Gasteiger partial charge in [-0.25, -0.2) is 4.98 Å². The maximum absolute atomic E-state index is 12.0. The number of imidazole rings is 1. The second-order valence-corrected chi connectivity index (χ2v) is 5.36. The highest BCUT2D eigenvalue weighted by molar-refractivity contribution is 7.71. The van der Waals surface area contributed by atoms with Gasteiger partial charge in [0.2, 0.25) is 0 Å². The summed E-state index contributed by atoms with van der Waals surface area (Å²) in [5.74, 6) is -0.141. The molecule has 2 N–H and O–H groups in total. The standard InChI is InChI=1S/C16H16N4OS/c21-15(12-5-3-8-18-16(12)22)17-9-4-10-20-11-19-13-6-1-2-7-14(13)20/h1-3,5-8,11H,4,9-10H2,(H,17,21)(H,18,22). The lowest BCUT2D eigenvalue weighted by molar-refractivity contribution is 0.0952. The molecule has 1 amide bonds. The van der Waals surface area contributed by atoms with Crippen LogP contribution in [0.4, 0.5) is 0 Å². The Labute approximate surface area is 133 Å². The van der Waals surface area contributed by atoms with Crippen LogP contribution in [0.1, 0.15) is 16.8 Å². The number of nitrogens with zero attached hydrogens (tertiary/aromatic N) is 2. The third-order valence-corrected chi connectivity index (χ3v) is 3.79. The average molecular weight is 312 g/mol. The van der Waals surface area contributed by atoms with E-state index in [9.17, 15) is 4.79 Å². The maximum Gasteiger partial charge on any atom is 0.254 e. The first-order valence-corrected chi connectivity index (χ1v) is 7.52. The van der Waals surface area contributed by atoms with Gasteiger partial charge in [0.1, 0.15) is 4.64 Å². The van der Waals surface area contributed by atoms with Gasteiger partial charge >= 0.3 is 0 Å². The largest absolute Gasteiger partial charge is 0.352 e. The zero-order valence-corrected chi connectivity index (χ0v) is 12.8. The van der Waals surface area contributed by atoms with Gasteiger partial charge in [0.15, 0.2) is 0 Å². The predicted molar refractivity (Wildman–Crippen MR) is 88.3 cm³/mol. The van der Waals surface area contributed by atoms with Crippen molar-refractivity contribution in [1.29, 1.82) is 0 Å². The second-order valence-electron chi connectivity index (χ2n) is 4.95. The molecule has 3 rings (SSSR count). The molecule has 112 valence electrons. The highest BCUT2D eigenvalue weighted by Gasteiger charge is 2.06. The van der Waals surface area contributed by atoms with Crippen molar-refractivity contribution in [3.8, 4) is 0 Å². The number of H-pyrrole nitrogens is 1. The van der Waals surface area contributed by atoms with E-state index in [0.717, 1.165) is 24.0 Å². The minimum Gasteiger partial charge on any atom is -0.352 e. The number of aromatic nitrogens is 3. The van der Waals surface area contributed by atoms with Crippen LogP contribution in [0.3, 0.4) is 0 Å². The molecule has 0 aliphatic heterocycles. The fourth-order valence-electron chi connectivity index (χ4n) is 2.34. The summed E-state index contributed by atoms with van der Waals surface area (Å²) < 4.78 is 2.55. The van der Waals surface area contributed by atoms with E-state index >= 15 is 0 Å². The van der Waals surface area contributed by atoms with Crippen molar-refractivity contribution in [2.24, 2.45) is 0 Å². The van der Waals surface area contributed by atoms with Gasteiger partial charge in [0.05, 0.1) is 22.9 Å². The first-order valence-electron chi connectivity index (χ1n) is 7.11. The molecule has 22 heavy (non-hydrogen) atoms. The molecule has 0 saturated carbocycles. The quantitative estimate of drug-likeness (QED) is 0.562. The summed E-state index contributed by atoms with van der Waals surface area (Å²) in [5, 5.41) is 2.89. The van der Waals surface area contributed by atoms with Crippen molar-refractivity contribution in [3.05, 3.63) is 59.1 Å². The van der Waals surface area contributed by atoms with Gasteiger partial charge in [-0.15, -0.1) is 0 Å². The van der Waals surface area contributed by atoms with E-state index in [1.807, 2.05) is 30.6 Å². The molecule has 2 aromatic heterocycles. The van der Waals surface area contributed by atoms with Crippen LogP contribution in [0.5, 0.6) is 0 Å². The van der Waals surface area contributed by atoms with Crippen LogP contribution in [0.2, 0.25) is 0 Å². The smallest absolute Gasteiger partial charge is 0.254 e. The average Bonchev–Trinajstić information content (AvgIpc) is 2.95. The van der Waals surface area contributed by atoms with Crippen molar-refractivity contribution in [2.45, 2.75) is 13.0 Å². The zero-order valence-electron chi connectivity index (χ0n) is 12.0. The van der Waals surface area contributed by atoms with Gasteiger partial charge < -0.3 is 14.9 Å². The van der Waals surface area contributed by atoms with Crippen LogP contribution in [-0.4, -0.2) is 27.0 Å². The summed E-state index contributed by atoms with van der Waals surface area (Å²) in [6, 6.07) is 11.5. The van der Waals surface area contributed by atoms with Gasteiger partial charge in [0, 0.05) is 19.3 Å². The zero-order chi connectivity index (χ0) is 15.4. The van der Waals surface area contributed by atoms with Crippen LogP contribution in [0.25, 0.3) is 11.0 Å². The van der Waals surface area contributed by atoms with Crippen molar-refractivity contribution >= 4 is 29.2 Å². The Hall–Kier alpha value is -2.47. The number of aromatic amines is 1. The molecule has 0 aliphatic carbocycles. The van der Waals surface area contributed by atoms with Crippen LogP contribution in [0.15, 0.2) is 48.9 Å². The lowest BCUT2D eigenvalue weighted by atomic mass is 10.2. The fraction of sp³-hybridized carbons (Fsp3) is 0.188. The predicted octanol–water partition coefficient (Wildman–Crippen LogP) is 2.91. The third-order valence-electron chi connectivity index (χ3n) is 3.45. The van der Waals surface area contributed by atoms with Crippen LogP contribution in [-0.2, 0) is 6.54 Å². The van der Waals surface area contributed by atoms with Crippen molar-refractivity contribution in [3.63, 3.8) is 0 Å².